The molecule has 2 saturated carbocycles. The number of primary sulfonamides is 1. The second-order valence-corrected chi connectivity index (χ2v) is 8.40. The maximum Gasteiger partial charge on any atom is 0.210 e. The third-order valence-corrected chi connectivity index (χ3v) is 5.78. The first-order valence-electron chi connectivity index (χ1n) is 6.39. The summed E-state index contributed by atoms with van der Waals surface area (Å²) in [6, 6.07) is 0.412. The Balaban J connectivity index is 2.01. The molecule has 0 saturated heterocycles. The van der Waals surface area contributed by atoms with E-state index in [4.69, 9.17) is 5.14 Å². The summed E-state index contributed by atoms with van der Waals surface area (Å²) >= 11 is 0. The molecule has 2 bridgehead atoms. The first-order valence-corrected chi connectivity index (χ1v) is 8.10. The molecular weight excluding hydrogens is 236 g/mol. The first-order chi connectivity index (χ1) is 7.65. The number of nitrogens with two attached hydrogens (primary N) is 1. The summed E-state index contributed by atoms with van der Waals surface area (Å²) in [7, 11) is -3.35. The van der Waals surface area contributed by atoms with E-state index in [9.17, 15) is 8.42 Å². The topological polar surface area (TPSA) is 72.2 Å². The van der Waals surface area contributed by atoms with Gasteiger partial charge in [-0.25, -0.2) is 13.6 Å². The van der Waals surface area contributed by atoms with Gasteiger partial charge in [0.2, 0.25) is 10.0 Å². The minimum absolute atomic E-state index is 0.0281. The lowest BCUT2D eigenvalue weighted by Crippen LogP contribution is -2.51. The Morgan fingerprint density at radius 1 is 1.35 bits per heavy atom. The van der Waals surface area contributed by atoms with Crippen molar-refractivity contribution in [3.05, 3.63) is 0 Å². The molecule has 0 heterocycles. The third-order valence-electron chi connectivity index (χ3n) is 5.00. The second-order valence-electron chi connectivity index (χ2n) is 6.67. The van der Waals surface area contributed by atoms with Crippen LogP contribution in [0.3, 0.4) is 0 Å². The summed E-state index contributed by atoms with van der Waals surface area (Å²) in [5, 5.41) is 8.47. The Morgan fingerprint density at radius 3 is 2.47 bits per heavy atom. The molecule has 1 unspecified atom stereocenters. The Kier molecular flexibility index (Phi) is 3.08. The Hall–Kier alpha value is -0.130. The van der Waals surface area contributed by atoms with Crippen molar-refractivity contribution < 1.29 is 8.42 Å². The van der Waals surface area contributed by atoms with Crippen molar-refractivity contribution in [2.75, 3.05) is 12.3 Å². The van der Waals surface area contributed by atoms with E-state index >= 15 is 0 Å². The molecule has 5 heteroatoms. The fraction of sp³-hybridized carbons (Fsp3) is 1.00. The van der Waals surface area contributed by atoms with Crippen LogP contribution >= 0.6 is 0 Å². The predicted molar refractivity (Wildman–Crippen MR) is 69.0 cm³/mol. The largest absolute Gasteiger partial charge is 0.312 e. The van der Waals surface area contributed by atoms with Crippen LogP contribution in [0.4, 0.5) is 0 Å². The van der Waals surface area contributed by atoms with Crippen molar-refractivity contribution in [3.8, 4) is 0 Å². The van der Waals surface area contributed by atoms with Crippen LogP contribution in [0, 0.1) is 16.7 Å². The molecule has 0 aromatic heterocycles. The van der Waals surface area contributed by atoms with Crippen LogP contribution in [0.25, 0.3) is 0 Å². The van der Waals surface area contributed by atoms with Gasteiger partial charge in [-0.2, -0.15) is 0 Å². The first kappa shape index (κ1) is 13.3. The molecule has 0 amide bonds. The van der Waals surface area contributed by atoms with Crippen molar-refractivity contribution in [1.29, 1.82) is 0 Å². The molecule has 2 rings (SSSR count). The van der Waals surface area contributed by atoms with Crippen LogP contribution < -0.4 is 10.5 Å². The summed E-state index contributed by atoms with van der Waals surface area (Å²) in [5.41, 5.74) is 0.609. The summed E-state index contributed by atoms with van der Waals surface area (Å²) in [4.78, 5) is 0. The predicted octanol–water partition coefficient (Wildman–Crippen LogP) is 1.08. The molecule has 0 spiro atoms. The van der Waals surface area contributed by atoms with Crippen molar-refractivity contribution in [1.82, 2.24) is 5.32 Å². The van der Waals surface area contributed by atoms with Gasteiger partial charge in [0.1, 0.15) is 0 Å². The van der Waals surface area contributed by atoms with Gasteiger partial charge in [0.25, 0.3) is 0 Å². The van der Waals surface area contributed by atoms with Crippen LogP contribution in [-0.2, 0) is 10.0 Å². The molecule has 3 atom stereocenters. The molecule has 0 radical (unpaired) electrons. The van der Waals surface area contributed by atoms with E-state index in [0.29, 0.717) is 18.0 Å². The lowest BCUT2D eigenvalue weighted by molar-refractivity contribution is 0.111. The van der Waals surface area contributed by atoms with Crippen LogP contribution in [0.15, 0.2) is 0 Å². The third kappa shape index (κ3) is 2.37. The van der Waals surface area contributed by atoms with Gasteiger partial charge in [-0.05, 0) is 36.0 Å². The van der Waals surface area contributed by atoms with Crippen LogP contribution in [0.2, 0.25) is 0 Å². The normalized spacial score (nSPS) is 39.8. The average molecular weight is 260 g/mol. The van der Waals surface area contributed by atoms with Gasteiger partial charge >= 0.3 is 0 Å². The van der Waals surface area contributed by atoms with E-state index < -0.39 is 10.0 Å². The van der Waals surface area contributed by atoms with Crippen LogP contribution in [-0.4, -0.2) is 26.8 Å². The molecule has 100 valence electrons. The van der Waals surface area contributed by atoms with E-state index in [1.54, 1.807) is 0 Å². The molecule has 3 N–H and O–H groups in total. The van der Waals surface area contributed by atoms with Gasteiger partial charge in [0.05, 0.1) is 5.75 Å². The minimum atomic E-state index is -3.35. The number of sulfonamides is 1. The van der Waals surface area contributed by atoms with Crippen LogP contribution in [0.5, 0.6) is 0 Å². The van der Waals surface area contributed by atoms with E-state index in [-0.39, 0.29) is 11.2 Å². The molecule has 0 aliphatic heterocycles. The van der Waals surface area contributed by atoms with E-state index in [1.165, 1.54) is 19.3 Å². The van der Waals surface area contributed by atoms with Crippen molar-refractivity contribution in [3.63, 3.8) is 0 Å². The lowest BCUT2D eigenvalue weighted by Gasteiger charge is -2.43. The molecule has 2 fully saturated rings. The highest BCUT2D eigenvalue weighted by molar-refractivity contribution is 7.89. The zero-order valence-electron chi connectivity index (χ0n) is 11.0. The van der Waals surface area contributed by atoms with Gasteiger partial charge in [0, 0.05) is 12.6 Å². The molecule has 4 nitrogen and oxygen atoms in total. The monoisotopic (exact) mass is 260 g/mol. The van der Waals surface area contributed by atoms with Gasteiger partial charge in [-0.1, -0.05) is 20.8 Å². The zero-order chi connectivity index (χ0) is 12.9. The maximum atomic E-state index is 10.9. The van der Waals surface area contributed by atoms with Gasteiger partial charge < -0.3 is 5.32 Å². The highest BCUT2D eigenvalue weighted by Crippen LogP contribution is 2.62. The standard InChI is InChI=1S/C12H24N2O2S/c1-11(2)9-4-5-12(3,8-9)10(11)14-6-7-17(13,15)16/h9-10,14H,4-8H2,1-3H3,(H2,13,15,16)/t9-,10?,12+/m0/s1. The van der Waals surface area contributed by atoms with Gasteiger partial charge in [-0.3, -0.25) is 0 Å². The van der Waals surface area contributed by atoms with E-state index in [0.717, 1.165) is 5.92 Å². The quantitative estimate of drug-likeness (QED) is 0.794. The summed E-state index contributed by atoms with van der Waals surface area (Å²) in [6.07, 6.45) is 3.85. The maximum absolute atomic E-state index is 10.9. The van der Waals surface area contributed by atoms with Crippen LogP contribution in [0.1, 0.15) is 40.0 Å². The smallest absolute Gasteiger partial charge is 0.210 e. The number of hydrogen-bond acceptors (Lipinski definition) is 3. The summed E-state index contributed by atoms with van der Waals surface area (Å²) in [6.45, 7) is 7.40. The Morgan fingerprint density at radius 2 is 2.00 bits per heavy atom. The summed E-state index contributed by atoms with van der Waals surface area (Å²) in [5.74, 6) is 0.805. The lowest BCUT2D eigenvalue weighted by atomic mass is 9.68. The van der Waals surface area contributed by atoms with Gasteiger partial charge in [0.15, 0.2) is 0 Å². The summed E-state index contributed by atoms with van der Waals surface area (Å²) < 4.78 is 21.9. The van der Waals surface area contributed by atoms with E-state index in [1.807, 2.05) is 0 Å². The average Bonchev–Trinajstić information content (AvgIpc) is 2.60. The molecule has 17 heavy (non-hydrogen) atoms. The number of fused-ring (bicyclic) bond motifs is 2. The number of hydrogen-bond donors (Lipinski definition) is 2. The molecular formula is C12H24N2O2S. The highest BCUT2D eigenvalue weighted by Gasteiger charge is 2.58. The SMILES string of the molecule is CC1(C)C(NCCS(N)(=O)=O)[C@]2(C)CC[C@H]1C2. The Bertz CT molecular complexity index is 400. The van der Waals surface area contributed by atoms with E-state index in [2.05, 4.69) is 26.1 Å². The Labute approximate surface area is 104 Å². The van der Waals surface area contributed by atoms with Crippen molar-refractivity contribution >= 4 is 10.0 Å². The fourth-order valence-electron chi connectivity index (χ4n) is 4.16. The number of rotatable bonds is 4. The molecule has 0 aromatic carbocycles. The minimum Gasteiger partial charge on any atom is -0.312 e. The molecule has 0 aromatic rings. The van der Waals surface area contributed by atoms with Gasteiger partial charge in [-0.15, -0.1) is 0 Å². The molecule has 2 aliphatic rings. The highest BCUT2D eigenvalue weighted by atomic mass is 32.2. The number of nitrogens with one attached hydrogen (secondary N) is 1. The molecule has 2 aliphatic carbocycles. The fourth-order valence-corrected chi connectivity index (χ4v) is 4.56. The van der Waals surface area contributed by atoms with Crippen molar-refractivity contribution in [2.24, 2.45) is 21.9 Å². The second kappa shape index (κ2) is 3.93. The zero-order valence-corrected chi connectivity index (χ0v) is 11.8. The van der Waals surface area contributed by atoms with Crippen molar-refractivity contribution in [2.45, 2.75) is 46.1 Å².